The molecule has 0 aliphatic carbocycles. The number of aromatic nitrogens is 2. The Morgan fingerprint density at radius 3 is 3.05 bits per heavy atom. The lowest BCUT2D eigenvalue weighted by Crippen LogP contribution is -2.43. The zero-order valence-corrected chi connectivity index (χ0v) is 11.9. The predicted octanol–water partition coefficient (Wildman–Crippen LogP) is 0.859. The van der Waals surface area contributed by atoms with Gasteiger partial charge in [-0.2, -0.15) is 5.10 Å². The standard InChI is InChI=1S/C14H24N4O/c1-3-6-14(7-9-15-11-14)13(19)16-8-4-12-5-10-18(2)17-12/h5,10,15H,3-4,6-9,11H2,1-2H3,(H,16,19). The van der Waals surface area contributed by atoms with Gasteiger partial charge in [-0.1, -0.05) is 13.3 Å². The number of carbonyl (C=O) groups is 1. The van der Waals surface area contributed by atoms with Crippen LogP contribution in [-0.4, -0.2) is 35.3 Å². The highest BCUT2D eigenvalue weighted by molar-refractivity contribution is 5.83. The Balaban J connectivity index is 1.82. The summed E-state index contributed by atoms with van der Waals surface area (Å²) in [5, 5.41) is 10.7. The summed E-state index contributed by atoms with van der Waals surface area (Å²) >= 11 is 0. The highest BCUT2D eigenvalue weighted by Gasteiger charge is 2.39. The second-order valence-corrected chi connectivity index (χ2v) is 5.44. The molecule has 2 rings (SSSR count). The van der Waals surface area contributed by atoms with Crippen LogP contribution in [0.3, 0.4) is 0 Å². The van der Waals surface area contributed by atoms with E-state index in [0.717, 1.165) is 44.5 Å². The molecule has 1 aliphatic rings. The third-order valence-corrected chi connectivity index (χ3v) is 3.89. The molecule has 1 fully saturated rings. The molecule has 1 aliphatic heterocycles. The van der Waals surface area contributed by atoms with Gasteiger partial charge in [0.25, 0.3) is 0 Å². The van der Waals surface area contributed by atoms with Gasteiger partial charge in [0.1, 0.15) is 0 Å². The first-order chi connectivity index (χ1) is 9.16. The van der Waals surface area contributed by atoms with Crippen LogP contribution in [0.1, 0.15) is 31.9 Å². The number of rotatable bonds is 6. The lowest BCUT2D eigenvalue weighted by molar-refractivity contribution is -0.130. The average molecular weight is 264 g/mol. The molecule has 106 valence electrons. The Bertz CT molecular complexity index is 421. The van der Waals surface area contributed by atoms with E-state index < -0.39 is 0 Å². The topological polar surface area (TPSA) is 59.0 Å². The molecule has 2 N–H and O–H groups in total. The summed E-state index contributed by atoms with van der Waals surface area (Å²) < 4.78 is 1.79. The summed E-state index contributed by atoms with van der Waals surface area (Å²) in [7, 11) is 1.91. The van der Waals surface area contributed by atoms with Gasteiger partial charge in [0.05, 0.1) is 11.1 Å². The monoisotopic (exact) mass is 264 g/mol. The van der Waals surface area contributed by atoms with Crippen LogP contribution >= 0.6 is 0 Å². The Labute approximate surface area is 114 Å². The van der Waals surface area contributed by atoms with Gasteiger partial charge in [0.15, 0.2) is 0 Å². The van der Waals surface area contributed by atoms with Crippen LogP contribution in [0.25, 0.3) is 0 Å². The number of nitrogens with zero attached hydrogens (tertiary/aromatic N) is 2. The maximum atomic E-state index is 12.4. The number of hydrogen-bond acceptors (Lipinski definition) is 3. The molecule has 1 atom stereocenters. The Morgan fingerprint density at radius 1 is 1.63 bits per heavy atom. The summed E-state index contributed by atoms with van der Waals surface area (Å²) in [5.74, 6) is 0.204. The fourth-order valence-corrected chi connectivity index (χ4v) is 2.83. The molecule has 5 heteroatoms. The minimum Gasteiger partial charge on any atom is -0.355 e. The van der Waals surface area contributed by atoms with Crippen LogP contribution in [0.4, 0.5) is 0 Å². The Hall–Kier alpha value is -1.36. The van der Waals surface area contributed by atoms with E-state index in [1.165, 1.54) is 0 Å². The molecule has 0 radical (unpaired) electrons. The molecular weight excluding hydrogens is 240 g/mol. The molecule has 1 aromatic rings. The van der Waals surface area contributed by atoms with Crippen molar-refractivity contribution in [1.29, 1.82) is 0 Å². The van der Waals surface area contributed by atoms with Crippen molar-refractivity contribution in [1.82, 2.24) is 20.4 Å². The summed E-state index contributed by atoms with van der Waals surface area (Å²) in [4.78, 5) is 12.4. The zero-order valence-electron chi connectivity index (χ0n) is 11.9. The maximum Gasteiger partial charge on any atom is 0.227 e. The molecule has 0 spiro atoms. The van der Waals surface area contributed by atoms with E-state index in [1.807, 2.05) is 19.3 Å². The van der Waals surface area contributed by atoms with Crippen LogP contribution in [0.2, 0.25) is 0 Å². The van der Waals surface area contributed by atoms with Crippen molar-refractivity contribution in [3.8, 4) is 0 Å². The SMILES string of the molecule is CCCC1(C(=O)NCCc2ccn(C)n2)CCNC1. The Morgan fingerprint density at radius 2 is 2.47 bits per heavy atom. The fraction of sp³-hybridized carbons (Fsp3) is 0.714. The third kappa shape index (κ3) is 3.35. The molecule has 2 heterocycles. The number of hydrogen-bond donors (Lipinski definition) is 2. The van der Waals surface area contributed by atoms with Crippen LogP contribution in [0.5, 0.6) is 0 Å². The quantitative estimate of drug-likeness (QED) is 0.801. The van der Waals surface area contributed by atoms with E-state index in [9.17, 15) is 4.79 Å². The van der Waals surface area contributed by atoms with Crippen molar-refractivity contribution >= 4 is 5.91 Å². The van der Waals surface area contributed by atoms with Gasteiger partial charge in [-0.15, -0.1) is 0 Å². The lowest BCUT2D eigenvalue weighted by atomic mass is 9.81. The number of nitrogens with one attached hydrogen (secondary N) is 2. The van der Waals surface area contributed by atoms with Gasteiger partial charge in [-0.05, 0) is 25.5 Å². The first-order valence-corrected chi connectivity index (χ1v) is 7.14. The van der Waals surface area contributed by atoms with E-state index in [4.69, 9.17) is 0 Å². The van der Waals surface area contributed by atoms with E-state index >= 15 is 0 Å². The van der Waals surface area contributed by atoms with E-state index in [1.54, 1.807) is 4.68 Å². The van der Waals surface area contributed by atoms with Crippen LogP contribution in [0, 0.1) is 5.41 Å². The molecule has 0 aromatic carbocycles. The van der Waals surface area contributed by atoms with Gasteiger partial charge < -0.3 is 10.6 Å². The van der Waals surface area contributed by atoms with Crippen molar-refractivity contribution in [3.63, 3.8) is 0 Å². The molecule has 5 nitrogen and oxygen atoms in total. The Kier molecular flexibility index (Phi) is 4.58. The second-order valence-electron chi connectivity index (χ2n) is 5.44. The van der Waals surface area contributed by atoms with Crippen molar-refractivity contribution in [2.24, 2.45) is 12.5 Å². The number of carbonyl (C=O) groups excluding carboxylic acids is 1. The van der Waals surface area contributed by atoms with E-state index in [2.05, 4.69) is 22.7 Å². The molecule has 1 saturated heterocycles. The van der Waals surface area contributed by atoms with Crippen molar-refractivity contribution in [3.05, 3.63) is 18.0 Å². The van der Waals surface area contributed by atoms with Gasteiger partial charge >= 0.3 is 0 Å². The highest BCUT2D eigenvalue weighted by Crippen LogP contribution is 2.31. The van der Waals surface area contributed by atoms with Crippen molar-refractivity contribution < 1.29 is 4.79 Å². The summed E-state index contributed by atoms with van der Waals surface area (Å²) in [6.07, 6.45) is 5.69. The van der Waals surface area contributed by atoms with Crippen LogP contribution in [-0.2, 0) is 18.3 Å². The zero-order chi connectivity index (χ0) is 13.7. The van der Waals surface area contributed by atoms with E-state index in [-0.39, 0.29) is 11.3 Å². The number of aryl methyl sites for hydroxylation is 1. The molecule has 1 unspecified atom stereocenters. The van der Waals surface area contributed by atoms with Crippen LogP contribution in [0.15, 0.2) is 12.3 Å². The van der Waals surface area contributed by atoms with Crippen molar-refractivity contribution in [2.45, 2.75) is 32.6 Å². The molecule has 0 bridgehead atoms. The number of amides is 1. The van der Waals surface area contributed by atoms with E-state index in [0.29, 0.717) is 6.54 Å². The molecule has 0 saturated carbocycles. The molecule has 1 amide bonds. The molecular formula is C14H24N4O. The largest absolute Gasteiger partial charge is 0.355 e. The minimum atomic E-state index is -0.182. The van der Waals surface area contributed by atoms with Gasteiger partial charge in [0.2, 0.25) is 5.91 Å². The van der Waals surface area contributed by atoms with Gasteiger partial charge in [0, 0.05) is 32.8 Å². The second kappa shape index (κ2) is 6.19. The minimum absolute atomic E-state index is 0.182. The normalized spacial score (nSPS) is 22.6. The van der Waals surface area contributed by atoms with Crippen molar-refractivity contribution in [2.75, 3.05) is 19.6 Å². The summed E-state index contributed by atoms with van der Waals surface area (Å²) in [6, 6.07) is 1.99. The maximum absolute atomic E-state index is 12.4. The smallest absolute Gasteiger partial charge is 0.227 e. The first-order valence-electron chi connectivity index (χ1n) is 7.14. The lowest BCUT2D eigenvalue weighted by Gasteiger charge is -2.26. The summed E-state index contributed by atoms with van der Waals surface area (Å²) in [5.41, 5.74) is 0.843. The first kappa shape index (κ1) is 14.1. The molecule has 1 aromatic heterocycles. The highest BCUT2D eigenvalue weighted by atomic mass is 16.2. The predicted molar refractivity (Wildman–Crippen MR) is 74.7 cm³/mol. The third-order valence-electron chi connectivity index (χ3n) is 3.89. The molecule has 19 heavy (non-hydrogen) atoms. The average Bonchev–Trinajstić information content (AvgIpc) is 3.00. The van der Waals surface area contributed by atoms with Crippen LogP contribution < -0.4 is 10.6 Å². The van der Waals surface area contributed by atoms with Gasteiger partial charge in [-0.3, -0.25) is 9.48 Å². The fourth-order valence-electron chi connectivity index (χ4n) is 2.83. The van der Waals surface area contributed by atoms with Gasteiger partial charge in [-0.25, -0.2) is 0 Å². The summed E-state index contributed by atoms with van der Waals surface area (Å²) in [6.45, 7) is 4.58.